The van der Waals surface area contributed by atoms with Crippen molar-refractivity contribution in [1.29, 1.82) is 0 Å². The maximum Gasteiger partial charge on any atom is 0.126 e. The molecule has 1 aromatic heterocycles. The fourth-order valence-corrected chi connectivity index (χ4v) is 2.68. The van der Waals surface area contributed by atoms with Crippen LogP contribution in [0.3, 0.4) is 0 Å². The van der Waals surface area contributed by atoms with E-state index in [9.17, 15) is 0 Å². The lowest BCUT2D eigenvalue weighted by molar-refractivity contribution is 0.778. The van der Waals surface area contributed by atoms with Crippen molar-refractivity contribution < 1.29 is 0 Å². The first-order valence-electron chi connectivity index (χ1n) is 6.63. The van der Waals surface area contributed by atoms with Gasteiger partial charge in [0.15, 0.2) is 0 Å². The summed E-state index contributed by atoms with van der Waals surface area (Å²) in [4.78, 5) is 8.99. The number of hydrogen-bond acceptors (Lipinski definition) is 4. The summed E-state index contributed by atoms with van der Waals surface area (Å²) < 4.78 is 0. The van der Waals surface area contributed by atoms with Gasteiger partial charge in [0.25, 0.3) is 0 Å². The Balaban J connectivity index is 2.32. The second-order valence-electron chi connectivity index (χ2n) is 5.06. The van der Waals surface area contributed by atoms with Gasteiger partial charge in [0.05, 0.1) is 5.52 Å². The molecular weight excluding hydrogens is 236 g/mol. The zero-order chi connectivity index (χ0) is 13.4. The van der Waals surface area contributed by atoms with E-state index in [-0.39, 0.29) is 5.92 Å². The SMILES string of the molecule is CC(CN)c1cccc2c3c(cnc12)CCN=C3N. The van der Waals surface area contributed by atoms with Gasteiger partial charge in [-0.05, 0) is 30.0 Å². The van der Waals surface area contributed by atoms with Gasteiger partial charge < -0.3 is 11.5 Å². The monoisotopic (exact) mass is 254 g/mol. The van der Waals surface area contributed by atoms with Gasteiger partial charge in [-0.1, -0.05) is 25.1 Å². The summed E-state index contributed by atoms with van der Waals surface area (Å²) >= 11 is 0. The molecule has 0 saturated heterocycles. The molecule has 0 spiro atoms. The van der Waals surface area contributed by atoms with Gasteiger partial charge in [-0.3, -0.25) is 9.98 Å². The Morgan fingerprint density at radius 2 is 2.21 bits per heavy atom. The molecule has 1 unspecified atom stereocenters. The average Bonchev–Trinajstić information content (AvgIpc) is 2.45. The van der Waals surface area contributed by atoms with Crippen LogP contribution in [0.15, 0.2) is 29.4 Å². The number of aliphatic imine (C=N–C) groups is 1. The molecule has 0 amide bonds. The van der Waals surface area contributed by atoms with Gasteiger partial charge in [0.1, 0.15) is 5.84 Å². The smallest absolute Gasteiger partial charge is 0.126 e. The van der Waals surface area contributed by atoms with Crippen LogP contribution in [-0.4, -0.2) is 23.9 Å². The summed E-state index contributed by atoms with van der Waals surface area (Å²) in [5, 5.41) is 1.09. The van der Waals surface area contributed by atoms with Crippen molar-refractivity contribution in [2.75, 3.05) is 13.1 Å². The Kier molecular flexibility index (Phi) is 2.95. The highest BCUT2D eigenvalue weighted by Crippen LogP contribution is 2.28. The molecule has 0 saturated carbocycles. The number of pyridine rings is 1. The van der Waals surface area contributed by atoms with Gasteiger partial charge in [-0.25, -0.2) is 0 Å². The molecule has 1 aliphatic heterocycles. The number of rotatable bonds is 2. The third-order valence-corrected chi connectivity index (χ3v) is 3.81. The van der Waals surface area contributed by atoms with Crippen molar-refractivity contribution in [3.8, 4) is 0 Å². The van der Waals surface area contributed by atoms with Gasteiger partial charge in [-0.2, -0.15) is 0 Å². The van der Waals surface area contributed by atoms with Crippen LogP contribution in [-0.2, 0) is 6.42 Å². The van der Waals surface area contributed by atoms with Crippen molar-refractivity contribution in [2.24, 2.45) is 16.5 Å². The molecule has 3 rings (SSSR count). The summed E-state index contributed by atoms with van der Waals surface area (Å²) in [6, 6.07) is 6.21. The molecule has 0 radical (unpaired) electrons. The number of hydrogen-bond donors (Lipinski definition) is 2. The number of nitrogens with zero attached hydrogens (tertiary/aromatic N) is 2. The fraction of sp³-hybridized carbons (Fsp3) is 0.333. The first-order chi connectivity index (χ1) is 9.22. The van der Waals surface area contributed by atoms with E-state index < -0.39 is 0 Å². The molecule has 4 nitrogen and oxygen atoms in total. The lowest BCUT2D eigenvalue weighted by Crippen LogP contribution is -2.22. The Morgan fingerprint density at radius 3 is 3.00 bits per heavy atom. The van der Waals surface area contributed by atoms with Crippen LogP contribution in [0.25, 0.3) is 10.9 Å². The average molecular weight is 254 g/mol. The predicted octanol–water partition coefficient (Wildman–Crippen LogP) is 1.56. The normalized spacial score (nSPS) is 16.0. The Bertz CT molecular complexity index is 660. The minimum absolute atomic E-state index is 0.288. The number of fused-ring (bicyclic) bond motifs is 3. The molecule has 2 heterocycles. The van der Waals surface area contributed by atoms with Gasteiger partial charge in [-0.15, -0.1) is 0 Å². The molecule has 98 valence electrons. The van der Waals surface area contributed by atoms with E-state index in [4.69, 9.17) is 11.5 Å². The van der Waals surface area contributed by atoms with Crippen molar-refractivity contribution in [2.45, 2.75) is 19.3 Å². The van der Waals surface area contributed by atoms with Crippen LogP contribution in [0.5, 0.6) is 0 Å². The van der Waals surface area contributed by atoms with E-state index in [1.165, 1.54) is 11.1 Å². The van der Waals surface area contributed by atoms with E-state index in [0.29, 0.717) is 12.4 Å². The molecule has 1 aromatic carbocycles. The van der Waals surface area contributed by atoms with Crippen molar-refractivity contribution in [3.05, 3.63) is 41.1 Å². The molecule has 2 aromatic rings. The molecule has 4 heteroatoms. The minimum Gasteiger partial charge on any atom is -0.383 e. The van der Waals surface area contributed by atoms with Crippen LogP contribution >= 0.6 is 0 Å². The van der Waals surface area contributed by atoms with Crippen LogP contribution in [0.4, 0.5) is 0 Å². The number of aromatic nitrogens is 1. The Morgan fingerprint density at radius 1 is 1.37 bits per heavy atom. The van der Waals surface area contributed by atoms with E-state index in [1.54, 1.807) is 0 Å². The summed E-state index contributed by atoms with van der Waals surface area (Å²) in [7, 11) is 0. The number of nitrogens with two attached hydrogens (primary N) is 2. The summed E-state index contributed by atoms with van der Waals surface area (Å²) in [5.41, 5.74) is 16.3. The first-order valence-corrected chi connectivity index (χ1v) is 6.63. The van der Waals surface area contributed by atoms with Gasteiger partial charge in [0.2, 0.25) is 0 Å². The van der Waals surface area contributed by atoms with Crippen LogP contribution in [0.2, 0.25) is 0 Å². The Labute approximate surface area is 112 Å². The predicted molar refractivity (Wildman–Crippen MR) is 78.5 cm³/mol. The van der Waals surface area contributed by atoms with E-state index in [0.717, 1.165) is 29.4 Å². The highest BCUT2D eigenvalue weighted by Gasteiger charge is 2.18. The minimum atomic E-state index is 0.288. The molecule has 1 aliphatic rings. The highest BCUT2D eigenvalue weighted by atomic mass is 14.9. The molecule has 1 atom stereocenters. The first kappa shape index (κ1) is 12.1. The standard InChI is InChI=1S/C15H18N4/c1-9(7-16)11-3-2-4-12-13-10(8-19-14(11)12)5-6-18-15(13)17/h2-4,8-9H,5-7,16H2,1H3,(H2,17,18). The van der Waals surface area contributed by atoms with Crippen molar-refractivity contribution in [3.63, 3.8) is 0 Å². The fourth-order valence-electron chi connectivity index (χ4n) is 2.68. The van der Waals surface area contributed by atoms with Crippen LogP contribution in [0, 0.1) is 0 Å². The van der Waals surface area contributed by atoms with Crippen LogP contribution < -0.4 is 11.5 Å². The molecule has 19 heavy (non-hydrogen) atoms. The molecular formula is C15H18N4. The van der Waals surface area contributed by atoms with Crippen molar-refractivity contribution in [1.82, 2.24) is 4.98 Å². The zero-order valence-electron chi connectivity index (χ0n) is 11.1. The quantitative estimate of drug-likeness (QED) is 0.853. The van der Waals surface area contributed by atoms with Crippen molar-refractivity contribution >= 4 is 16.7 Å². The van der Waals surface area contributed by atoms with Gasteiger partial charge in [0, 0.05) is 23.7 Å². The third kappa shape index (κ3) is 1.88. The molecule has 4 N–H and O–H groups in total. The molecule has 0 aliphatic carbocycles. The topological polar surface area (TPSA) is 77.3 Å². The number of amidine groups is 1. The second kappa shape index (κ2) is 4.63. The maximum absolute atomic E-state index is 6.07. The summed E-state index contributed by atoms with van der Waals surface area (Å²) in [5.74, 6) is 0.919. The Hall–Kier alpha value is -1.94. The van der Waals surface area contributed by atoms with E-state index >= 15 is 0 Å². The summed E-state index contributed by atoms with van der Waals surface area (Å²) in [6.45, 7) is 3.49. The summed E-state index contributed by atoms with van der Waals surface area (Å²) in [6.07, 6.45) is 2.85. The molecule has 0 bridgehead atoms. The maximum atomic E-state index is 6.07. The second-order valence-corrected chi connectivity index (χ2v) is 5.06. The molecule has 0 fully saturated rings. The third-order valence-electron chi connectivity index (χ3n) is 3.81. The van der Waals surface area contributed by atoms with Crippen LogP contribution in [0.1, 0.15) is 29.5 Å². The highest BCUT2D eigenvalue weighted by molar-refractivity contribution is 6.10. The zero-order valence-corrected chi connectivity index (χ0v) is 11.1. The van der Waals surface area contributed by atoms with Gasteiger partial charge >= 0.3 is 0 Å². The lowest BCUT2D eigenvalue weighted by Gasteiger charge is -2.18. The lowest BCUT2D eigenvalue weighted by atomic mass is 9.93. The largest absolute Gasteiger partial charge is 0.383 e. The van der Waals surface area contributed by atoms with E-state index in [1.807, 2.05) is 12.3 Å². The number of benzene rings is 1. The number of para-hydroxylation sites is 1. The van der Waals surface area contributed by atoms with E-state index in [2.05, 4.69) is 29.0 Å².